The highest BCUT2D eigenvalue weighted by atomic mass is 16.4. The Bertz CT molecular complexity index is 736. The van der Waals surface area contributed by atoms with E-state index in [9.17, 15) is 19.5 Å². The Morgan fingerprint density at radius 3 is 2.29 bits per heavy atom. The maximum atomic E-state index is 12.1. The number of aliphatic hydroxyl groups excluding tert-OH is 1. The quantitative estimate of drug-likeness (QED) is 0.445. The normalized spacial score (nSPS) is 17.2. The van der Waals surface area contributed by atoms with Crippen LogP contribution in [0.3, 0.4) is 0 Å². The largest absolute Gasteiger partial charge is 0.507 e. The molecule has 1 aromatic carbocycles. The van der Waals surface area contributed by atoms with Crippen molar-refractivity contribution >= 4 is 23.2 Å². The number of carbonyl (C=O) groups is 3. The highest BCUT2D eigenvalue weighted by molar-refractivity contribution is 6.22. The van der Waals surface area contributed by atoms with E-state index in [1.165, 1.54) is 18.3 Å². The van der Waals surface area contributed by atoms with E-state index in [1.54, 1.807) is 18.2 Å². The Morgan fingerprint density at radius 1 is 1.12 bits per heavy atom. The molecule has 0 spiro atoms. The van der Waals surface area contributed by atoms with Gasteiger partial charge in [0, 0.05) is 19.0 Å². The molecule has 0 unspecified atom stereocenters. The number of carboxylic acid groups (broad SMARTS) is 1. The predicted molar refractivity (Wildman–Crippen MR) is 88.8 cm³/mol. The highest BCUT2D eigenvalue weighted by Crippen LogP contribution is 2.34. The number of carboxylic acids is 1. The molecule has 0 saturated heterocycles. The lowest BCUT2D eigenvalue weighted by Crippen LogP contribution is -2.32. The SMILES string of the molecule is CC1(C)CC(=O)C(=C(O)/C=C\Nc2ccccc2C(=O)O)C(=O)C1. The molecule has 0 bridgehead atoms. The van der Waals surface area contributed by atoms with Gasteiger partial charge in [-0.05, 0) is 23.6 Å². The number of anilines is 1. The Hall–Kier alpha value is -2.89. The van der Waals surface area contributed by atoms with Gasteiger partial charge in [0.2, 0.25) is 0 Å². The molecule has 0 amide bonds. The van der Waals surface area contributed by atoms with Crippen molar-refractivity contribution < 1.29 is 24.6 Å². The molecule has 0 atom stereocenters. The molecular weight excluding hydrogens is 310 g/mol. The summed E-state index contributed by atoms with van der Waals surface area (Å²) in [5.74, 6) is -2.27. The van der Waals surface area contributed by atoms with E-state index < -0.39 is 17.1 Å². The van der Waals surface area contributed by atoms with Gasteiger partial charge in [-0.25, -0.2) is 4.79 Å². The van der Waals surface area contributed by atoms with Crippen molar-refractivity contribution in [1.82, 2.24) is 0 Å². The fourth-order valence-corrected chi connectivity index (χ4v) is 2.64. The lowest BCUT2D eigenvalue weighted by atomic mass is 9.74. The fourth-order valence-electron chi connectivity index (χ4n) is 2.64. The third kappa shape index (κ3) is 3.90. The lowest BCUT2D eigenvalue weighted by molar-refractivity contribution is -0.127. The monoisotopic (exact) mass is 329 g/mol. The van der Waals surface area contributed by atoms with Crippen LogP contribution in [0.25, 0.3) is 0 Å². The van der Waals surface area contributed by atoms with Crippen LogP contribution in [0, 0.1) is 5.41 Å². The predicted octanol–water partition coefficient (Wildman–Crippen LogP) is 3.08. The summed E-state index contributed by atoms with van der Waals surface area (Å²) in [5.41, 5.74) is -0.193. The summed E-state index contributed by atoms with van der Waals surface area (Å²) < 4.78 is 0. The number of allylic oxidation sites excluding steroid dienone is 2. The van der Waals surface area contributed by atoms with Crippen molar-refractivity contribution in [3.8, 4) is 0 Å². The Kier molecular flexibility index (Phi) is 4.87. The Morgan fingerprint density at radius 2 is 1.71 bits per heavy atom. The summed E-state index contributed by atoms with van der Waals surface area (Å²) >= 11 is 0. The molecule has 2 rings (SSSR count). The van der Waals surface area contributed by atoms with Gasteiger partial charge in [0.05, 0.1) is 11.3 Å². The van der Waals surface area contributed by atoms with Crippen LogP contribution in [-0.4, -0.2) is 27.7 Å². The van der Waals surface area contributed by atoms with E-state index in [0.717, 1.165) is 0 Å². The van der Waals surface area contributed by atoms with Crippen LogP contribution in [0.1, 0.15) is 37.0 Å². The standard InChI is InChI=1S/C18H19NO5/c1-18(2)9-14(21)16(15(22)10-18)13(20)7-8-19-12-6-4-3-5-11(12)17(23)24/h3-8,19-20H,9-10H2,1-2H3,(H,23,24)/b8-7-. The molecule has 0 aromatic heterocycles. The molecule has 3 N–H and O–H groups in total. The van der Waals surface area contributed by atoms with Crippen LogP contribution in [0.4, 0.5) is 5.69 Å². The van der Waals surface area contributed by atoms with Crippen LogP contribution in [0.15, 0.2) is 47.9 Å². The molecule has 1 fully saturated rings. The lowest BCUT2D eigenvalue weighted by Gasteiger charge is -2.28. The molecule has 0 heterocycles. The van der Waals surface area contributed by atoms with E-state index in [4.69, 9.17) is 5.11 Å². The number of aromatic carboxylic acids is 1. The van der Waals surface area contributed by atoms with E-state index in [1.807, 2.05) is 13.8 Å². The topological polar surface area (TPSA) is 104 Å². The average Bonchev–Trinajstić information content (AvgIpc) is 2.45. The summed E-state index contributed by atoms with van der Waals surface area (Å²) in [7, 11) is 0. The zero-order valence-electron chi connectivity index (χ0n) is 13.5. The molecule has 1 aliphatic carbocycles. The number of nitrogens with one attached hydrogen (secondary N) is 1. The van der Waals surface area contributed by atoms with E-state index >= 15 is 0 Å². The second-order valence-corrected chi connectivity index (χ2v) is 6.45. The van der Waals surface area contributed by atoms with Crippen LogP contribution >= 0.6 is 0 Å². The van der Waals surface area contributed by atoms with Gasteiger partial charge >= 0.3 is 5.97 Å². The summed E-state index contributed by atoms with van der Waals surface area (Å²) in [6, 6.07) is 6.26. The minimum atomic E-state index is -1.09. The summed E-state index contributed by atoms with van der Waals surface area (Å²) in [4.78, 5) is 35.2. The van der Waals surface area contributed by atoms with Crippen LogP contribution < -0.4 is 5.32 Å². The first-order valence-electron chi connectivity index (χ1n) is 7.46. The summed E-state index contributed by atoms with van der Waals surface area (Å²) in [6.07, 6.45) is 2.87. The van der Waals surface area contributed by atoms with Gasteiger partial charge in [-0.3, -0.25) is 9.59 Å². The average molecular weight is 329 g/mol. The number of hydrogen-bond acceptors (Lipinski definition) is 5. The Balaban J connectivity index is 2.19. The van der Waals surface area contributed by atoms with Crippen LogP contribution in [-0.2, 0) is 9.59 Å². The smallest absolute Gasteiger partial charge is 0.337 e. The van der Waals surface area contributed by atoms with Crippen LogP contribution in [0.5, 0.6) is 0 Å². The van der Waals surface area contributed by atoms with Gasteiger partial charge < -0.3 is 15.5 Å². The number of Topliss-reactive ketones (excluding diaryl/α,β-unsaturated/α-hetero) is 2. The number of rotatable bonds is 4. The first-order chi connectivity index (χ1) is 11.2. The van der Waals surface area contributed by atoms with Crippen LogP contribution in [0.2, 0.25) is 0 Å². The summed E-state index contributed by atoms with van der Waals surface area (Å²) in [5, 5.41) is 21.9. The third-order valence-electron chi connectivity index (χ3n) is 3.73. The van der Waals surface area contributed by atoms with E-state index in [2.05, 4.69) is 5.32 Å². The number of para-hydroxylation sites is 1. The van der Waals surface area contributed by atoms with Crippen molar-refractivity contribution in [2.75, 3.05) is 5.32 Å². The summed E-state index contributed by atoms with van der Waals surface area (Å²) in [6.45, 7) is 3.66. The maximum Gasteiger partial charge on any atom is 0.337 e. The van der Waals surface area contributed by atoms with Crippen molar-refractivity contribution in [2.24, 2.45) is 5.41 Å². The van der Waals surface area contributed by atoms with Gasteiger partial charge in [0.1, 0.15) is 11.3 Å². The van der Waals surface area contributed by atoms with E-state index in [-0.39, 0.29) is 35.5 Å². The molecule has 0 radical (unpaired) electrons. The molecule has 24 heavy (non-hydrogen) atoms. The van der Waals surface area contributed by atoms with Gasteiger partial charge in [-0.15, -0.1) is 0 Å². The van der Waals surface area contributed by atoms with Gasteiger partial charge in [-0.1, -0.05) is 26.0 Å². The number of carbonyl (C=O) groups excluding carboxylic acids is 2. The third-order valence-corrected chi connectivity index (χ3v) is 3.73. The minimum Gasteiger partial charge on any atom is -0.507 e. The second kappa shape index (κ2) is 6.70. The molecule has 1 saturated carbocycles. The first-order valence-corrected chi connectivity index (χ1v) is 7.46. The second-order valence-electron chi connectivity index (χ2n) is 6.45. The Labute approximate surface area is 139 Å². The number of benzene rings is 1. The molecule has 1 aliphatic rings. The zero-order valence-corrected chi connectivity index (χ0v) is 13.5. The van der Waals surface area contributed by atoms with Crippen molar-refractivity contribution in [3.05, 3.63) is 53.4 Å². The number of aliphatic hydroxyl groups is 1. The minimum absolute atomic E-state index is 0.0702. The van der Waals surface area contributed by atoms with Gasteiger partial charge in [0.25, 0.3) is 0 Å². The number of ketones is 2. The number of hydrogen-bond donors (Lipinski definition) is 3. The molecule has 6 nitrogen and oxygen atoms in total. The maximum absolute atomic E-state index is 12.1. The fraction of sp³-hybridized carbons (Fsp3) is 0.278. The zero-order chi connectivity index (χ0) is 17.9. The molecule has 6 heteroatoms. The van der Waals surface area contributed by atoms with Gasteiger partial charge in [0.15, 0.2) is 11.6 Å². The first kappa shape index (κ1) is 17.5. The molecule has 126 valence electrons. The highest BCUT2D eigenvalue weighted by Gasteiger charge is 2.37. The van der Waals surface area contributed by atoms with E-state index in [0.29, 0.717) is 5.69 Å². The van der Waals surface area contributed by atoms with Crippen molar-refractivity contribution in [1.29, 1.82) is 0 Å². The molecular formula is C18H19NO5. The van der Waals surface area contributed by atoms with Crippen molar-refractivity contribution in [2.45, 2.75) is 26.7 Å². The molecule has 1 aromatic rings. The molecule has 0 aliphatic heterocycles. The van der Waals surface area contributed by atoms with Crippen molar-refractivity contribution in [3.63, 3.8) is 0 Å². The van der Waals surface area contributed by atoms with Gasteiger partial charge in [-0.2, -0.15) is 0 Å².